The number of hydrogen-bond donors (Lipinski definition) is 1. The molecule has 0 saturated heterocycles. The summed E-state index contributed by atoms with van der Waals surface area (Å²) < 4.78 is 29.0. The van der Waals surface area contributed by atoms with Crippen molar-refractivity contribution in [3.8, 4) is 0 Å². The number of benzene rings is 1. The third-order valence-corrected chi connectivity index (χ3v) is 5.13. The van der Waals surface area contributed by atoms with Crippen LogP contribution in [0.3, 0.4) is 0 Å². The lowest BCUT2D eigenvalue weighted by Gasteiger charge is -2.49. The van der Waals surface area contributed by atoms with E-state index in [9.17, 15) is 8.78 Å². The van der Waals surface area contributed by atoms with Crippen molar-refractivity contribution in [1.82, 2.24) is 0 Å². The summed E-state index contributed by atoms with van der Waals surface area (Å²) in [5.41, 5.74) is 6.55. The second kappa shape index (κ2) is 3.13. The zero-order chi connectivity index (χ0) is 12.5. The Morgan fingerprint density at radius 1 is 1.11 bits per heavy atom. The fourth-order valence-corrected chi connectivity index (χ4v) is 4.86. The van der Waals surface area contributed by atoms with Gasteiger partial charge in [0.2, 0.25) is 0 Å². The first-order chi connectivity index (χ1) is 8.48. The molecule has 1 aromatic rings. The van der Waals surface area contributed by atoms with E-state index >= 15 is 0 Å². The summed E-state index contributed by atoms with van der Waals surface area (Å²) in [5, 5.41) is 0. The van der Waals surface area contributed by atoms with Gasteiger partial charge in [-0.05, 0) is 61.1 Å². The average molecular weight is 249 g/mol. The van der Waals surface area contributed by atoms with Crippen molar-refractivity contribution in [3.63, 3.8) is 0 Å². The molecule has 4 aliphatic rings. The Labute approximate surface area is 105 Å². The number of hydrogen-bond acceptors (Lipinski definition) is 1. The largest absolute Gasteiger partial charge is 0.325 e. The second-order valence-corrected chi connectivity index (χ2v) is 6.64. The van der Waals surface area contributed by atoms with E-state index in [2.05, 4.69) is 0 Å². The molecular weight excluding hydrogens is 232 g/mol. The molecule has 4 atom stereocenters. The minimum atomic E-state index is -1.17. The lowest BCUT2D eigenvalue weighted by atomic mass is 9.61. The minimum Gasteiger partial charge on any atom is -0.325 e. The van der Waals surface area contributed by atoms with Crippen LogP contribution in [0.4, 0.5) is 8.78 Å². The summed E-state index contributed by atoms with van der Waals surface area (Å²) in [5.74, 6) is -0.0951. The Morgan fingerprint density at radius 3 is 2.61 bits per heavy atom. The Morgan fingerprint density at radius 2 is 1.83 bits per heavy atom. The smallest absolute Gasteiger partial charge is 0.126 e. The topological polar surface area (TPSA) is 26.0 Å². The van der Waals surface area contributed by atoms with Gasteiger partial charge in [-0.25, -0.2) is 8.78 Å². The van der Waals surface area contributed by atoms with Crippen LogP contribution in [0.15, 0.2) is 18.2 Å². The van der Waals surface area contributed by atoms with Crippen molar-refractivity contribution in [2.24, 2.45) is 5.73 Å². The van der Waals surface area contributed by atoms with Crippen molar-refractivity contribution in [2.45, 2.75) is 55.1 Å². The zero-order valence-electron chi connectivity index (χ0n) is 10.3. The van der Waals surface area contributed by atoms with Crippen LogP contribution >= 0.6 is 0 Å². The molecule has 2 fully saturated rings. The van der Waals surface area contributed by atoms with Crippen molar-refractivity contribution in [3.05, 3.63) is 35.1 Å². The molecule has 0 aliphatic heterocycles. The minimum absolute atomic E-state index is 0.0301. The highest BCUT2D eigenvalue weighted by Gasteiger charge is 2.56. The molecule has 2 N–H and O–H groups in total. The summed E-state index contributed by atoms with van der Waals surface area (Å²) in [6.07, 6.45) is 2.99. The van der Waals surface area contributed by atoms with Gasteiger partial charge >= 0.3 is 0 Å². The highest BCUT2D eigenvalue weighted by atomic mass is 19.1. The van der Waals surface area contributed by atoms with Gasteiger partial charge in [-0.1, -0.05) is 12.1 Å². The normalized spacial score (nSPS) is 44.8. The molecule has 3 heteroatoms. The van der Waals surface area contributed by atoms with E-state index in [1.54, 1.807) is 6.07 Å². The van der Waals surface area contributed by atoms with Gasteiger partial charge in [-0.3, -0.25) is 0 Å². The number of halogens is 2. The first-order valence-electron chi connectivity index (χ1n) is 6.74. The summed E-state index contributed by atoms with van der Waals surface area (Å²) >= 11 is 0. The highest BCUT2D eigenvalue weighted by molar-refractivity contribution is 5.41. The monoisotopic (exact) mass is 249 g/mol. The predicted octanol–water partition coefficient (Wildman–Crippen LogP) is 3.39. The molecule has 0 spiro atoms. The van der Waals surface area contributed by atoms with Crippen LogP contribution in [0, 0.1) is 5.82 Å². The summed E-state index contributed by atoms with van der Waals surface area (Å²) in [6, 6.07) is 5.21. The first kappa shape index (κ1) is 10.9. The average Bonchev–Trinajstić information content (AvgIpc) is 2.37. The summed E-state index contributed by atoms with van der Waals surface area (Å²) in [4.78, 5) is 0. The van der Waals surface area contributed by atoms with E-state index in [1.807, 2.05) is 6.07 Å². The SMILES string of the molecule is NC12CC3CC(F)(CC(C1)c1c(F)cccc13)C2. The third-order valence-electron chi connectivity index (χ3n) is 5.13. The van der Waals surface area contributed by atoms with Crippen LogP contribution in [-0.4, -0.2) is 11.2 Å². The van der Waals surface area contributed by atoms with E-state index in [0.717, 1.165) is 24.0 Å². The third kappa shape index (κ3) is 1.34. The van der Waals surface area contributed by atoms with Gasteiger partial charge in [0.15, 0.2) is 0 Å². The quantitative estimate of drug-likeness (QED) is 0.749. The standard InChI is InChI=1S/C15H17F2N/c16-12-3-1-2-11-9-4-14(17)5-10(13(11)12)7-15(18,6-9)8-14/h1-3,9-10H,4-8,18H2. The second-order valence-electron chi connectivity index (χ2n) is 6.64. The lowest BCUT2D eigenvalue weighted by molar-refractivity contribution is 0.00293. The molecule has 1 nitrogen and oxygen atoms in total. The van der Waals surface area contributed by atoms with E-state index in [1.165, 1.54) is 6.07 Å². The Kier molecular flexibility index (Phi) is 1.90. The molecule has 0 amide bonds. The molecule has 4 bridgehead atoms. The number of alkyl halides is 1. The molecule has 0 aromatic heterocycles. The van der Waals surface area contributed by atoms with Crippen molar-refractivity contribution in [2.75, 3.05) is 0 Å². The predicted molar refractivity (Wildman–Crippen MR) is 65.7 cm³/mol. The fraction of sp³-hybridized carbons (Fsp3) is 0.600. The number of rotatable bonds is 0. The molecule has 0 heterocycles. The molecule has 0 radical (unpaired) electrons. The van der Waals surface area contributed by atoms with Gasteiger partial charge in [0.05, 0.1) is 0 Å². The Balaban J connectivity index is 1.96. The molecule has 4 aliphatic carbocycles. The Hall–Kier alpha value is -0.960. The molecule has 1 aromatic carbocycles. The zero-order valence-corrected chi connectivity index (χ0v) is 10.3. The molecule has 5 rings (SSSR count). The van der Waals surface area contributed by atoms with Crippen molar-refractivity contribution < 1.29 is 8.78 Å². The maximum atomic E-state index is 14.9. The maximum absolute atomic E-state index is 14.9. The van der Waals surface area contributed by atoms with Crippen LogP contribution in [-0.2, 0) is 0 Å². The van der Waals surface area contributed by atoms with Crippen LogP contribution in [0.1, 0.15) is 55.1 Å². The van der Waals surface area contributed by atoms with Crippen molar-refractivity contribution in [1.29, 1.82) is 0 Å². The van der Waals surface area contributed by atoms with Crippen LogP contribution in [0.2, 0.25) is 0 Å². The molecule has 2 saturated carbocycles. The van der Waals surface area contributed by atoms with Gasteiger partial charge in [0, 0.05) is 5.54 Å². The van der Waals surface area contributed by atoms with E-state index < -0.39 is 11.2 Å². The summed E-state index contributed by atoms with van der Waals surface area (Å²) in [6.45, 7) is 0. The molecule has 4 unspecified atom stereocenters. The molecule has 18 heavy (non-hydrogen) atoms. The van der Waals surface area contributed by atoms with E-state index in [-0.39, 0.29) is 17.7 Å². The van der Waals surface area contributed by atoms with Crippen LogP contribution in [0.25, 0.3) is 0 Å². The number of nitrogens with two attached hydrogens (primary N) is 1. The molecule has 96 valence electrons. The lowest BCUT2D eigenvalue weighted by Crippen LogP contribution is -2.55. The first-order valence-corrected chi connectivity index (χ1v) is 6.74. The van der Waals surface area contributed by atoms with Crippen LogP contribution < -0.4 is 5.73 Å². The fourth-order valence-electron chi connectivity index (χ4n) is 4.86. The van der Waals surface area contributed by atoms with Crippen LogP contribution in [0.5, 0.6) is 0 Å². The maximum Gasteiger partial charge on any atom is 0.126 e. The van der Waals surface area contributed by atoms with E-state index in [4.69, 9.17) is 5.73 Å². The van der Waals surface area contributed by atoms with Gasteiger partial charge < -0.3 is 5.73 Å². The van der Waals surface area contributed by atoms with Gasteiger partial charge in [-0.2, -0.15) is 0 Å². The van der Waals surface area contributed by atoms with Gasteiger partial charge in [-0.15, -0.1) is 0 Å². The van der Waals surface area contributed by atoms with E-state index in [0.29, 0.717) is 19.3 Å². The van der Waals surface area contributed by atoms with Crippen molar-refractivity contribution >= 4 is 0 Å². The Bertz CT molecular complexity index is 509. The van der Waals surface area contributed by atoms with Gasteiger partial charge in [0.1, 0.15) is 11.5 Å². The van der Waals surface area contributed by atoms with Gasteiger partial charge in [0.25, 0.3) is 0 Å². The molecular formula is C15H17F2N. The highest BCUT2D eigenvalue weighted by Crippen LogP contribution is 2.60. The summed E-state index contributed by atoms with van der Waals surface area (Å²) in [7, 11) is 0.